The molecule has 1 aliphatic heterocycles. The summed E-state index contributed by atoms with van der Waals surface area (Å²) < 4.78 is 21.5. The molecule has 1 fully saturated rings. The summed E-state index contributed by atoms with van der Waals surface area (Å²) in [7, 11) is 3.28. The molecule has 3 rings (SSSR count). The number of morpholine rings is 1. The average Bonchev–Trinajstić information content (AvgIpc) is 3.33. The third-order valence-electron chi connectivity index (χ3n) is 5.16. The Morgan fingerprint density at radius 3 is 2.56 bits per heavy atom. The summed E-state index contributed by atoms with van der Waals surface area (Å²) >= 11 is 0. The Hall–Kier alpha value is -1.98. The Kier molecular flexibility index (Phi) is 12.3. The SMILES string of the molecule is COc1ccc(CN=C(NCCCN2CCOCC2)NCCc2ccco2)cc1OC.I. The van der Waals surface area contributed by atoms with Gasteiger partial charge in [-0.15, -0.1) is 24.0 Å². The number of methoxy groups -OCH3 is 2. The van der Waals surface area contributed by atoms with Crippen LogP contribution in [0.4, 0.5) is 0 Å². The number of benzene rings is 1. The van der Waals surface area contributed by atoms with Gasteiger partial charge >= 0.3 is 0 Å². The van der Waals surface area contributed by atoms with Crippen molar-refractivity contribution >= 4 is 29.9 Å². The van der Waals surface area contributed by atoms with Crippen molar-refractivity contribution in [3.63, 3.8) is 0 Å². The summed E-state index contributed by atoms with van der Waals surface area (Å²) in [6.07, 6.45) is 3.55. The van der Waals surface area contributed by atoms with Gasteiger partial charge in [-0.2, -0.15) is 0 Å². The number of guanidine groups is 1. The van der Waals surface area contributed by atoms with Crippen LogP contribution in [0.15, 0.2) is 46.0 Å². The predicted molar refractivity (Wildman–Crippen MR) is 136 cm³/mol. The minimum absolute atomic E-state index is 0. The molecule has 0 saturated carbocycles. The summed E-state index contributed by atoms with van der Waals surface area (Å²) in [5.41, 5.74) is 1.05. The number of hydrogen-bond acceptors (Lipinski definition) is 6. The zero-order valence-electron chi connectivity index (χ0n) is 19.0. The lowest BCUT2D eigenvalue weighted by Gasteiger charge is -2.26. The number of nitrogens with zero attached hydrogens (tertiary/aromatic N) is 2. The molecule has 178 valence electrons. The van der Waals surface area contributed by atoms with Gasteiger partial charge in [0.2, 0.25) is 0 Å². The van der Waals surface area contributed by atoms with Crippen molar-refractivity contribution in [2.24, 2.45) is 4.99 Å². The van der Waals surface area contributed by atoms with E-state index in [-0.39, 0.29) is 24.0 Å². The minimum atomic E-state index is 0. The highest BCUT2D eigenvalue weighted by Gasteiger charge is 2.10. The van der Waals surface area contributed by atoms with E-state index in [1.165, 1.54) is 0 Å². The summed E-state index contributed by atoms with van der Waals surface area (Å²) in [6.45, 7) is 6.90. The van der Waals surface area contributed by atoms with Crippen molar-refractivity contribution in [3.05, 3.63) is 47.9 Å². The van der Waals surface area contributed by atoms with E-state index in [0.717, 1.165) is 76.1 Å². The largest absolute Gasteiger partial charge is 0.493 e. The van der Waals surface area contributed by atoms with E-state index in [4.69, 9.17) is 23.6 Å². The molecular weight excluding hydrogens is 523 g/mol. The maximum atomic E-state index is 5.42. The molecule has 32 heavy (non-hydrogen) atoms. The first-order chi connectivity index (χ1) is 15.3. The Morgan fingerprint density at radius 2 is 1.84 bits per heavy atom. The molecule has 1 aliphatic rings. The Labute approximate surface area is 207 Å². The second-order valence-electron chi connectivity index (χ2n) is 7.34. The van der Waals surface area contributed by atoms with Crippen molar-refractivity contribution in [2.75, 3.05) is 60.2 Å². The average molecular weight is 558 g/mol. The molecule has 1 aromatic carbocycles. The van der Waals surface area contributed by atoms with Crippen LogP contribution < -0.4 is 20.1 Å². The second-order valence-corrected chi connectivity index (χ2v) is 7.34. The lowest BCUT2D eigenvalue weighted by atomic mass is 10.2. The van der Waals surface area contributed by atoms with Crippen molar-refractivity contribution in [1.29, 1.82) is 0 Å². The first kappa shape index (κ1) is 26.3. The molecule has 0 spiro atoms. The number of aliphatic imine (C=N–C) groups is 1. The molecular formula is C23H35IN4O4. The molecule has 0 unspecified atom stereocenters. The predicted octanol–water partition coefficient (Wildman–Crippen LogP) is 2.92. The van der Waals surface area contributed by atoms with E-state index in [0.29, 0.717) is 18.0 Å². The monoisotopic (exact) mass is 558 g/mol. The van der Waals surface area contributed by atoms with Gasteiger partial charge in [0, 0.05) is 32.6 Å². The van der Waals surface area contributed by atoms with E-state index in [1.807, 2.05) is 30.3 Å². The van der Waals surface area contributed by atoms with Crippen LogP contribution in [-0.4, -0.2) is 71.0 Å². The van der Waals surface area contributed by atoms with E-state index in [9.17, 15) is 0 Å². The van der Waals surface area contributed by atoms with Gasteiger partial charge in [0.25, 0.3) is 0 Å². The molecule has 2 aromatic rings. The molecule has 8 nitrogen and oxygen atoms in total. The van der Waals surface area contributed by atoms with Crippen LogP contribution >= 0.6 is 24.0 Å². The smallest absolute Gasteiger partial charge is 0.191 e. The van der Waals surface area contributed by atoms with Crippen molar-refractivity contribution < 1.29 is 18.6 Å². The summed E-state index contributed by atoms with van der Waals surface area (Å²) in [5, 5.41) is 6.86. The van der Waals surface area contributed by atoms with Gasteiger partial charge in [0.15, 0.2) is 17.5 Å². The van der Waals surface area contributed by atoms with Crippen LogP contribution in [0, 0.1) is 0 Å². The lowest BCUT2D eigenvalue weighted by Crippen LogP contribution is -2.41. The van der Waals surface area contributed by atoms with Gasteiger partial charge in [-0.3, -0.25) is 4.90 Å². The maximum absolute atomic E-state index is 5.42. The molecule has 0 atom stereocenters. The number of furan rings is 1. The molecule has 1 saturated heterocycles. The van der Waals surface area contributed by atoms with Crippen LogP contribution in [0.5, 0.6) is 11.5 Å². The van der Waals surface area contributed by atoms with Crippen molar-refractivity contribution in [2.45, 2.75) is 19.4 Å². The second kappa shape index (κ2) is 15.0. The van der Waals surface area contributed by atoms with Gasteiger partial charge in [-0.25, -0.2) is 4.99 Å². The third kappa shape index (κ3) is 8.87. The van der Waals surface area contributed by atoms with E-state index < -0.39 is 0 Å². The summed E-state index contributed by atoms with van der Waals surface area (Å²) in [6, 6.07) is 9.76. The van der Waals surface area contributed by atoms with Gasteiger partial charge in [0.05, 0.1) is 40.2 Å². The third-order valence-corrected chi connectivity index (χ3v) is 5.16. The normalized spacial score (nSPS) is 14.5. The fraction of sp³-hybridized carbons (Fsp3) is 0.522. The number of hydrogen-bond donors (Lipinski definition) is 2. The van der Waals surface area contributed by atoms with Crippen molar-refractivity contribution in [1.82, 2.24) is 15.5 Å². The number of nitrogens with one attached hydrogen (secondary N) is 2. The Balaban J connectivity index is 0.00000363. The Bertz CT molecular complexity index is 795. The van der Waals surface area contributed by atoms with Crippen LogP contribution in [0.1, 0.15) is 17.7 Å². The molecule has 0 aliphatic carbocycles. The van der Waals surface area contributed by atoms with E-state index in [2.05, 4.69) is 15.5 Å². The van der Waals surface area contributed by atoms with Gasteiger partial charge < -0.3 is 29.3 Å². The topological polar surface area (TPSA) is 80.5 Å². The zero-order valence-corrected chi connectivity index (χ0v) is 21.3. The highest BCUT2D eigenvalue weighted by Crippen LogP contribution is 2.27. The molecule has 2 heterocycles. The molecule has 0 radical (unpaired) electrons. The van der Waals surface area contributed by atoms with Gasteiger partial charge in [0.1, 0.15) is 5.76 Å². The fourth-order valence-electron chi connectivity index (χ4n) is 3.42. The molecule has 2 N–H and O–H groups in total. The fourth-order valence-corrected chi connectivity index (χ4v) is 3.42. The molecule has 0 amide bonds. The minimum Gasteiger partial charge on any atom is -0.493 e. The lowest BCUT2D eigenvalue weighted by molar-refractivity contribution is 0.0376. The van der Waals surface area contributed by atoms with Gasteiger partial charge in [-0.1, -0.05) is 6.07 Å². The van der Waals surface area contributed by atoms with E-state index in [1.54, 1.807) is 20.5 Å². The van der Waals surface area contributed by atoms with Crippen molar-refractivity contribution in [3.8, 4) is 11.5 Å². The quantitative estimate of drug-likeness (QED) is 0.190. The van der Waals surface area contributed by atoms with Gasteiger partial charge in [-0.05, 0) is 42.8 Å². The summed E-state index contributed by atoms with van der Waals surface area (Å²) in [4.78, 5) is 7.20. The maximum Gasteiger partial charge on any atom is 0.191 e. The van der Waals surface area contributed by atoms with E-state index >= 15 is 0 Å². The molecule has 0 bridgehead atoms. The zero-order chi connectivity index (χ0) is 21.7. The first-order valence-electron chi connectivity index (χ1n) is 10.8. The molecule has 9 heteroatoms. The van der Waals surface area contributed by atoms with Crippen LogP contribution in [0.3, 0.4) is 0 Å². The Morgan fingerprint density at radius 1 is 1.06 bits per heavy atom. The standard InChI is InChI=1S/C23H34N4O4.HI/c1-28-21-7-6-19(17-22(21)29-2)18-26-23(25-10-8-20-5-3-14-31-20)24-9-4-11-27-12-15-30-16-13-27;/h3,5-7,14,17H,4,8-13,15-16,18H2,1-2H3,(H2,24,25,26);1H. The molecule has 1 aromatic heterocycles. The summed E-state index contributed by atoms with van der Waals surface area (Å²) in [5.74, 6) is 3.18. The number of halogens is 1. The number of rotatable bonds is 11. The van der Waals surface area contributed by atoms with Crippen LogP contribution in [0.25, 0.3) is 0 Å². The van der Waals surface area contributed by atoms with Crippen LogP contribution in [-0.2, 0) is 17.7 Å². The number of ether oxygens (including phenoxy) is 3. The highest BCUT2D eigenvalue weighted by atomic mass is 127. The van der Waals surface area contributed by atoms with Crippen LogP contribution in [0.2, 0.25) is 0 Å². The highest BCUT2D eigenvalue weighted by molar-refractivity contribution is 14.0. The first-order valence-corrected chi connectivity index (χ1v) is 10.8.